The van der Waals surface area contributed by atoms with E-state index in [1.165, 1.54) is 11.3 Å². The number of morpholine rings is 1. The molecule has 2 aromatic rings. The summed E-state index contributed by atoms with van der Waals surface area (Å²) in [5, 5.41) is 7.76. The number of nitrogens with zero attached hydrogens (tertiary/aromatic N) is 5. The lowest BCUT2D eigenvalue weighted by atomic mass is 10.1. The molecule has 1 aromatic heterocycles. The van der Waals surface area contributed by atoms with Crippen LogP contribution >= 0.6 is 0 Å². The van der Waals surface area contributed by atoms with Crippen molar-refractivity contribution in [2.75, 3.05) is 44.2 Å². The maximum Gasteiger partial charge on any atom is 0.194 e. The Morgan fingerprint density at radius 1 is 1.34 bits per heavy atom. The first kappa shape index (κ1) is 19.8. The monoisotopic (exact) mass is 396 g/mol. The van der Waals surface area contributed by atoms with Gasteiger partial charge in [-0.25, -0.2) is 0 Å². The zero-order valence-electron chi connectivity index (χ0n) is 17.7. The third kappa shape index (κ3) is 4.40. The maximum atomic E-state index is 6.00. The molecule has 2 aliphatic rings. The number of guanidine groups is 1. The van der Waals surface area contributed by atoms with Gasteiger partial charge in [0.15, 0.2) is 5.96 Å². The number of anilines is 1. The summed E-state index contributed by atoms with van der Waals surface area (Å²) in [4.78, 5) is 9.80. The van der Waals surface area contributed by atoms with Crippen molar-refractivity contribution in [1.82, 2.24) is 20.0 Å². The SMILES string of the molecule is CCNC(=NCC(C)N1CCc2ccccc21)N1CCOC(c2cnn(C)c2)C1. The highest BCUT2D eigenvalue weighted by molar-refractivity contribution is 5.80. The zero-order chi connectivity index (χ0) is 20.2. The first-order valence-corrected chi connectivity index (χ1v) is 10.6. The molecule has 4 rings (SSSR count). The minimum absolute atomic E-state index is 0.0317. The van der Waals surface area contributed by atoms with Gasteiger partial charge in [0.1, 0.15) is 6.10 Å². The fourth-order valence-corrected chi connectivity index (χ4v) is 4.21. The van der Waals surface area contributed by atoms with E-state index in [0.717, 1.165) is 50.7 Å². The minimum atomic E-state index is 0.0317. The van der Waals surface area contributed by atoms with E-state index in [1.54, 1.807) is 0 Å². The van der Waals surface area contributed by atoms with Gasteiger partial charge >= 0.3 is 0 Å². The molecule has 1 aromatic carbocycles. The molecule has 29 heavy (non-hydrogen) atoms. The van der Waals surface area contributed by atoms with Crippen molar-refractivity contribution in [2.45, 2.75) is 32.4 Å². The Labute approximate surface area is 173 Å². The second-order valence-corrected chi connectivity index (χ2v) is 7.87. The van der Waals surface area contributed by atoms with Crippen molar-refractivity contribution in [1.29, 1.82) is 0 Å². The lowest BCUT2D eigenvalue weighted by Gasteiger charge is -2.35. The zero-order valence-corrected chi connectivity index (χ0v) is 17.7. The fourth-order valence-electron chi connectivity index (χ4n) is 4.21. The van der Waals surface area contributed by atoms with E-state index in [1.807, 2.05) is 24.1 Å². The van der Waals surface area contributed by atoms with E-state index >= 15 is 0 Å². The molecule has 0 saturated carbocycles. The van der Waals surface area contributed by atoms with Crippen molar-refractivity contribution in [3.05, 3.63) is 47.8 Å². The van der Waals surface area contributed by atoms with E-state index in [-0.39, 0.29) is 6.10 Å². The predicted molar refractivity (Wildman–Crippen MR) is 116 cm³/mol. The number of ether oxygens (including phenoxy) is 1. The Hall–Kier alpha value is -2.54. The lowest BCUT2D eigenvalue weighted by Crippen LogP contribution is -2.48. The molecular weight excluding hydrogens is 364 g/mol. The molecule has 1 N–H and O–H groups in total. The van der Waals surface area contributed by atoms with Gasteiger partial charge in [-0.3, -0.25) is 9.67 Å². The smallest absolute Gasteiger partial charge is 0.194 e. The summed E-state index contributed by atoms with van der Waals surface area (Å²) < 4.78 is 7.82. The van der Waals surface area contributed by atoms with Gasteiger partial charge in [-0.1, -0.05) is 18.2 Å². The molecule has 0 bridgehead atoms. The van der Waals surface area contributed by atoms with Gasteiger partial charge in [0, 0.05) is 50.2 Å². The third-order valence-electron chi connectivity index (χ3n) is 5.76. The molecule has 1 fully saturated rings. The van der Waals surface area contributed by atoms with E-state index in [2.05, 4.69) is 58.3 Å². The van der Waals surface area contributed by atoms with Crippen molar-refractivity contribution in [3.8, 4) is 0 Å². The first-order valence-electron chi connectivity index (χ1n) is 10.6. The highest BCUT2D eigenvalue weighted by Gasteiger charge is 2.26. The van der Waals surface area contributed by atoms with Gasteiger partial charge in [-0.2, -0.15) is 5.10 Å². The highest BCUT2D eigenvalue weighted by atomic mass is 16.5. The summed E-state index contributed by atoms with van der Waals surface area (Å²) in [6, 6.07) is 9.09. The number of rotatable bonds is 5. The van der Waals surface area contributed by atoms with Crippen molar-refractivity contribution < 1.29 is 4.74 Å². The summed E-state index contributed by atoms with van der Waals surface area (Å²) in [5.41, 5.74) is 3.93. The van der Waals surface area contributed by atoms with Crippen LogP contribution in [0.15, 0.2) is 41.7 Å². The third-order valence-corrected chi connectivity index (χ3v) is 5.76. The van der Waals surface area contributed by atoms with Crippen LogP contribution in [-0.4, -0.2) is 66.0 Å². The number of benzene rings is 1. The van der Waals surface area contributed by atoms with Gasteiger partial charge in [-0.05, 0) is 31.9 Å². The molecule has 0 amide bonds. The Morgan fingerprint density at radius 2 is 2.21 bits per heavy atom. The Bertz CT molecular complexity index is 847. The average Bonchev–Trinajstić information content (AvgIpc) is 3.37. The summed E-state index contributed by atoms with van der Waals surface area (Å²) in [6.07, 6.45) is 5.08. The van der Waals surface area contributed by atoms with Crippen LogP contribution in [0.2, 0.25) is 0 Å². The lowest BCUT2D eigenvalue weighted by molar-refractivity contribution is -0.00804. The molecule has 7 nitrogen and oxygen atoms in total. The van der Waals surface area contributed by atoms with Gasteiger partial charge < -0.3 is 19.9 Å². The van der Waals surface area contributed by atoms with Crippen LogP contribution in [0, 0.1) is 0 Å². The van der Waals surface area contributed by atoms with Gasteiger partial charge in [-0.15, -0.1) is 0 Å². The standard InChI is InChI=1S/C22H32N6O/c1-4-23-22(27-11-12-29-21(16-27)19-14-25-26(3)15-19)24-13-17(2)28-10-9-18-7-5-6-8-20(18)28/h5-8,14-15,17,21H,4,9-13,16H2,1-3H3,(H,23,24). The normalized spacial score (nSPS) is 20.7. The topological polar surface area (TPSA) is 57.9 Å². The van der Waals surface area contributed by atoms with E-state index in [9.17, 15) is 0 Å². The van der Waals surface area contributed by atoms with Crippen molar-refractivity contribution in [2.24, 2.45) is 12.0 Å². The van der Waals surface area contributed by atoms with E-state index in [4.69, 9.17) is 9.73 Å². The van der Waals surface area contributed by atoms with Crippen LogP contribution in [0.3, 0.4) is 0 Å². The van der Waals surface area contributed by atoms with E-state index < -0.39 is 0 Å². The molecule has 7 heteroatoms. The summed E-state index contributed by atoms with van der Waals surface area (Å²) in [6.45, 7) is 9.43. The quantitative estimate of drug-likeness (QED) is 0.620. The molecule has 1 saturated heterocycles. The number of hydrogen-bond acceptors (Lipinski definition) is 4. The number of aryl methyl sites for hydroxylation is 1. The second kappa shape index (κ2) is 8.86. The van der Waals surface area contributed by atoms with E-state index in [0.29, 0.717) is 12.6 Å². The molecule has 2 atom stereocenters. The van der Waals surface area contributed by atoms with Crippen LogP contribution in [0.1, 0.15) is 31.1 Å². The number of aromatic nitrogens is 2. The molecule has 2 aliphatic heterocycles. The Morgan fingerprint density at radius 3 is 3.00 bits per heavy atom. The molecule has 0 radical (unpaired) electrons. The number of para-hydroxylation sites is 1. The number of hydrogen-bond donors (Lipinski definition) is 1. The van der Waals surface area contributed by atoms with Gasteiger partial charge in [0.25, 0.3) is 0 Å². The molecule has 0 aliphatic carbocycles. The van der Waals surface area contributed by atoms with Crippen molar-refractivity contribution >= 4 is 11.6 Å². The van der Waals surface area contributed by atoms with Crippen LogP contribution < -0.4 is 10.2 Å². The summed E-state index contributed by atoms with van der Waals surface area (Å²) in [7, 11) is 1.94. The molecule has 3 heterocycles. The second-order valence-electron chi connectivity index (χ2n) is 7.87. The van der Waals surface area contributed by atoms with Crippen LogP contribution in [-0.2, 0) is 18.2 Å². The summed E-state index contributed by atoms with van der Waals surface area (Å²) >= 11 is 0. The maximum absolute atomic E-state index is 6.00. The highest BCUT2D eigenvalue weighted by Crippen LogP contribution is 2.29. The van der Waals surface area contributed by atoms with Gasteiger partial charge in [0.05, 0.1) is 25.9 Å². The largest absolute Gasteiger partial charge is 0.370 e. The first-order chi connectivity index (χ1) is 14.2. The minimum Gasteiger partial charge on any atom is -0.370 e. The average molecular weight is 397 g/mol. The number of nitrogens with one attached hydrogen (secondary N) is 1. The molecule has 156 valence electrons. The molecule has 2 unspecified atom stereocenters. The van der Waals surface area contributed by atoms with Crippen molar-refractivity contribution in [3.63, 3.8) is 0 Å². The molecule has 0 spiro atoms. The Balaban J connectivity index is 1.43. The van der Waals surface area contributed by atoms with Gasteiger partial charge in [0.2, 0.25) is 0 Å². The Kier molecular flexibility index (Phi) is 6.04. The van der Waals surface area contributed by atoms with Crippen LogP contribution in [0.4, 0.5) is 5.69 Å². The number of aliphatic imine (C=N–C) groups is 1. The molecular formula is C22H32N6O. The van der Waals surface area contributed by atoms with Crippen LogP contribution in [0.25, 0.3) is 0 Å². The predicted octanol–water partition coefficient (Wildman–Crippen LogP) is 2.21. The number of fused-ring (bicyclic) bond motifs is 1. The van der Waals surface area contributed by atoms with Crippen LogP contribution in [0.5, 0.6) is 0 Å². The summed E-state index contributed by atoms with van der Waals surface area (Å²) in [5.74, 6) is 0.976. The fraction of sp³-hybridized carbons (Fsp3) is 0.545.